The Morgan fingerprint density at radius 2 is 1.64 bits per heavy atom. The molecule has 1 fully saturated rings. The highest BCUT2D eigenvalue weighted by Gasteiger charge is 2.27. The zero-order chi connectivity index (χ0) is 16.3. The van der Waals surface area contributed by atoms with Crippen molar-refractivity contribution in [2.24, 2.45) is 0 Å². The molecule has 0 radical (unpaired) electrons. The first-order chi connectivity index (χ1) is 10.4. The normalized spacial score (nSPS) is 14.7. The number of hydrogen-bond donors (Lipinski definition) is 1. The molecule has 0 unspecified atom stereocenters. The average Bonchev–Trinajstić information content (AvgIpc) is 2.51. The Balaban J connectivity index is 1.97. The standard InChI is InChI=1S/C14H15F2N3O3/c1-9(20)18-5-7-19(8-6-18)14(22)13(21)17-11-4-2-3-10(15)12(11)16/h2-4H,5-8H2,1H3,(H,17,21). The SMILES string of the molecule is CC(=O)N1CCN(C(=O)C(=O)Nc2cccc(F)c2F)CC1. The number of rotatable bonds is 1. The molecule has 8 heteroatoms. The third-order valence-corrected chi connectivity index (χ3v) is 3.41. The smallest absolute Gasteiger partial charge is 0.313 e. The van der Waals surface area contributed by atoms with Gasteiger partial charge in [-0.15, -0.1) is 0 Å². The number of amides is 3. The molecule has 1 heterocycles. The fourth-order valence-corrected chi connectivity index (χ4v) is 2.14. The minimum absolute atomic E-state index is 0.0987. The molecule has 1 saturated heterocycles. The molecular weight excluding hydrogens is 296 g/mol. The van der Waals surface area contributed by atoms with Crippen molar-refractivity contribution in [1.29, 1.82) is 0 Å². The van der Waals surface area contributed by atoms with Crippen LogP contribution in [0.3, 0.4) is 0 Å². The number of nitrogens with one attached hydrogen (secondary N) is 1. The molecule has 1 aliphatic heterocycles. The maximum atomic E-state index is 13.4. The van der Waals surface area contributed by atoms with E-state index in [0.717, 1.165) is 12.1 Å². The Kier molecular flexibility index (Phi) is 4.69. The Morgan fingerprint density at radius 3 is 2.23 bits per heavy atom. The van der Waals surface area contributed by atoms with Crippen molar-refractivity contribution in [1.82, 2.24) is 9.80 Å². The van der Waals surface area contributed by atoms with E-state index in [0.29, 0.717) is 13.1 Å². The van der Waals surface area contributed by atoms with Gasteiger partial charge in [-0.3, -0.25) is 14.4 Å². The van der Waals surface area contributed by atoms with Crippen LogP contribution in [-0.4, -0.2) is 53.7 Å². The zero-order valence-corrected chi connectivity index (χ0v) is 11.9. The first-order valence-corrected chi connectivity index (χ1v) is 6.70. The number of carbonyl (C=O) groups excluding carboxylic acids is 3. The Hall–Kier alpha value is -2.51. The lowest BCUT2D eigenvalue weighted by molar-refractivity contribution is -0.145. The van der Waals surface area contributed by atoms with Gasteiger partial charge in [0.15, 0.2) is 11.6 Å². The van der Waals surface area contributed by atoms with E-state index in [1.807, 2.05) is 0 Å². The fraction of sp³-hybridized carbons (Fsp3) is 0.357. The van der Waals surface area contributed by atoms with Gasteiger partial charge in [0.1, 0.15) is 0 Å². The van der Waals surface area contributed by atoms with Crippen LogP contribution in [0.5, 0.6) is 0 Å². The second-order valence-corrected chi connectivity index (χ2v) is 4.85. The molecule has 22 heavy (non-hydrogen) atoms. The van der Waals surface area contributed by atoms with Crippen LogP contribution < -0.4 is 5.32 Å². The van der Waals surface area contributed by atoms with E-state index in [-0.39, 0.29) is 24.7 Å². The van der Waals surface area contributed by atoms with Gasteiger partial charge >= 0.3 is 11.8 Å². The Morgan fingerprint density at radius 1 is 1.05 bits per heavy atom. The molecule has 0 aromatic heterocycles. The van der Waals surface area contributed by atoms with E-state index in [1.54, 1.807) is 4.90 Å². The van der Waals surface area contributed by atoms with Gasteiger partial charge in [-0.05, 0) is 12.1 Å². The predicted octanol–water partition coefficient (Wildman–Crippen LogP) is 0.594. The van der Waals surface area contributed by atoms with E-state index < -0.39 is 23.4 Å². The summed E-state index contributed by atoms with van der Waals surface area (Å²) in [5.74, 6) is -4.31. The van der Waals surface area contributed by atoms with Crippen LogP contribution in [0, 0.1) is 11.6 Å². The van der Waals surface area contributed by atoms with Crippen molar-refractivity contribution in [3.8, 4) is 0 Å². The average molecular weight is 311 g/mol. The molecule has 0 atom stereocenters. The maximum Gasteiger partial charge on any atom is 0.313 e. The highest BCUT2D eigenvalue weighted by Crippen LogP contribution is 2.16. The van der Waals surface area contributed by atoms with E-state index in [9.17, 15) is 23.2 Å². The molecule has 0 spiro atoms. The Labute approximate surface area is 125 Å². The summed E-state index contributed by atoms with van der Waals surface area (Å²) < 4.78 is 26.5. The van der Waals surface area contributed by atoms with Crippen LogP contribution in [0.25, 0.3) is 0 Å². The molecule has 3 amide bonds. The summed E-state index contributed by atoms with van der Waals surface area (Å²) in [6, 6.07) is 3.30. The highest BCUT2D eigenvalue weighted by molar-refractivity contribution is 6.39. The number of anilines is 1. The van der Waals surface area contributed by atoms with E-state index >= 15 is 0 Å². The van der Waals surface area contributed by atoms with Crippen LogP contribution in [0.2, 0.25) is 0 Å². The molecule has 1 aromatic rings. The van der Waals surface area contributed by atoms with Gasteiger partial charge < -0.3 is 15.1 Å². The summed E-state index contributed by atoms with van der Waals surface area (Å²) in [7, 11) is 0. The van der Waals surface area contributed by atoms with Gasteiger partial charge in [-0.1, -0.05) is 6.07 Å². The molecule has 6 nitrogen and oxygen atoms in total. The lowest BCUT2D eigenvalue weighted by atomic mass is 10.2. The number of carbonyl (C=O) groups is 3. The van der Waals surface area contributed by atoms with E-state index in [4.69, 9.17) is 0 Å². The molecule has 0 bridgehead atoms. The first-order valence-electron chi connectivity index (χ1n) is 6.70. The molecule has 118 valence electrons. The minimum atomic E-state index is -1.22. The number of halogens is 2. The minimum Gasteiger partial charge on any atom is -0.339 e. The number of nitrogens with zero attached hydrogens (tertiary/aromatic N) is 2. The third kappa shape index (κ3) is 3.38. The number of benzene rings is 1. The third-order valence-electron chi connectivity index (χ3n) is 3.41. The molecule has 1 N–H and O–H groups in total. The van der Waals surface area contributed by atoms with Gasteiger partial charge in [-0.25, -0.2) is 8.78 Å². The molecule has 1 aliphatic rings. The topological polar surface area (TPSA) is 69.7 Å². The van der Waals surface area contributed by atoms with Crippen LogP contribution in [0.15, 0.2) is 18.2 Å². The number of hydrogen-bond acceptors (Lipinski definition) is 3. The largest absolute Gasteiger partial charge is 0.339 e. The van der Waals surface area contributed by atoms with Crippen molar-refractivity contribution in [3.63, 3.8) is 0 Å². The molecular formula is C14H15F2N3O3. The van der Waals surface area contributed by atoms with Gasteiger partial charge in [0, 0.05) is 33.1 Å². The summed E-state index contributed by atoms with van der Waals surface area (Å²) in [5.41, 5.74) is -0.388. The van der Waals surface area contributed by atoms with Gasteiger partial charge in [0.2, 0.25) is 5.91 Å². The van der Waals surface area contributed by atoms with E-state index in [2.05, 4.69) is 5.32 Å². The van der Waals surface area contributed by atoms with Crippen molar-refractivity contribution in [2.75, 3.05) is 31.5 Å². The number of piperazine rings is 1. The molecule has 0 saturated carbocycles. The first kappa shape index (κ1) is 15.9. The van der Waals surface area contributed by atoms with Crippen LogP contribution >= 0.6 is 0 Å². The van der Waals surface area contributed by atoms with Crippen LogP contribution in [0.1, 0.15) is 6.92 Å². The van der Waals surface area contributed by atoms with Gasteiger partial charge in [0.05, 0.1) is 5.69 Å². The van der Waals surface area contributed by atoms with Crippen molar-refractivity contribution in [2.45, 2.75) is 6.92 Å². The van der Waals surface area contributed by atoms with Crippen LogP contribution in [0.4, 0.5) is 14.5 Å². The summed E-state index contributed by atoms with van der Waals surface area (Å²) >= 11 is 0. The quantitative estimate of drug-likeness (QED) is 0.772. The summed E-state index contributed by atoms with van der Waals surface area (Å²) in [6.07, 6.45) is 0. The Bertz CT molecular complexity index is 613. The maximum absolute atomic E-state index is 13.4. The summed E-state index contributed by atoms with van der Waals surface area (Å²) in [5, 5.41) is 2.06. The lowest BCUT2D eigenvalue weighted by Crippen LogP contribution is -2.52. The fourth-order valence-electron chi connectivity index (χ4n) is 2.14. The summed E-state index contributed by atoms with van der Waals surface area (Å²) in [4.78, 5) is 37.8. The lowest BCUT2D eigenvalue weighted by Gasteiger charge is -2.33. The molecule has 0 aliphatic carbocycles. The second-order valence-electron chi connectivity index (χ2n) is 4.85. The van der Waals surface area contributed by atoms with Crippen molar-refractivity contribution >= 4 is 23.4 Å². The monoisotopic (exact) mass is 311 g/mol. The van der Waals surface area contributed by atoms with E-state index in [1.165, 1.54) is 17.9 Å². The van der Waals surface area contributed by atoms with Crippen molar-refractivity contribution < 1.29 is 23.2 Å². The highest BCUT2D eigenvalue weighted by atomic mass is 19.2. The summed E-state index contributed by atoms with van der Waals surface area (Å²) in [6.45, 7) is 2.54. The zero-order valence-electron chi connectivity index (χ0n) is 11.9. The van der Waals surface area contributed by atoms with Gasteiger partial charge in [-0.2, -0.15) is 0 Å². The van der Waals surface area contributed by atoms with Crippen LogP contribution in [-0.2, 0) is 14.4 Å². The molecule has 1 aromatic carbocycles. The van der Waals surface area contributed by atoms with Crippen molar-refractivity contribution in [3.05, 3.63) is 29.8 Å². The van der Waals surface area contributed by atoms with Gasteiger partial charge in [0.25, 0.3) is 0 Å². The second kappa shape index (κ2) is 6.50. The predicted molar refractivity (Wildman–Crippen MR) is 73.8 cm³/mol. The molecule has 2 rings (SSSR count).